The molecule has 0 spiro atoms. The smallest absolute Gasteiger partial charge is 0.421 e. The van der Waals surface area contributed by atoms with Crippen LogP contribution in [0.15, 0.2) is 68.8 Å². The molecule has 1 aromatic carbocycles. The molecule has 29 heavy (non-hydrogen) atoms. The highest BCUT2D eigenvalue weighted by Gasteiger charge is 2.19. The van der Waals surface area contributed by atoms with Crippen LogP contribution in [0, 0.1) is 10.1 Å². The summed E-state index contributed by atoms with van der Waals surface area (Å²) in [6.07, 6.45) is 4.37. The Balaban J connectivity index is 1.56. The number of aromatic nitrogens is 1. The highest BCUT2D eigenvalue weighted by molar-refractivity contribution is 9.10. The van der Waals surface area contributed by atoms with E-state index in [0.29, 0.717) is 15.6 Å². The number of rotatable bonds is 6. The molecular formula is C18H11BrN4O6. The predicted octanol–water partition coefficient (Wildman–Crippen LogP) is 3.33. The number of carbonyl (C=O) groups excluding carboxylic acids is 2. The fourth-order valence-corrected chi connectivity index (χ4v) is 2.45. The van der Waals surface area contributed by atoms with Crippen LogP contribution in [0.3, 0.4) is 0 Å². The maximum atomic E-state index is 11.9. The van der Waals surface area contributed by atoms with Gasteiger partial charge in [-0.3, -0.25) is 19.9 Å². The maximum Gasteiger partial charge on any atom is 0.433 e. The van der Waals surface area contributed by atoms with Crippen molar-refractivity contribution in [3.05, 3.63) is 86.3 Å². The lowest BCUT2D eigenvalue weighted by Crippen LogP contribution is -2.17. The number of carbonyl (C=O) groups is 2. The quantitative estimate of drug-likeness (QED) is 0.196. The van der Waals surface area contributed by atoms with Gasteiger partial charge >= 0.3 is 11.9 Å². The lowest BCUT2D eigenvalue weighted by Gasteiger charge is -2.02. The first-order chi connectivity index (χ1) is 13.9. The number of amides is 1. The van der Waals surface area contributed by atoms with Gasteiger partial charge < -0.3 is 9.15 Å². The second kappa shape index (κ2) is 8.89. The third-order valence-corrected chi connectivity index (χ3v) is 3.84. The molecule has 11 heteroatoms. The first-order valence-electron chi connectivity index (χ1n) is 7.93. The number of hydrazone groups is 1. The summed E-state index contributed by atoms with van der Waals surface area (Å²) >= 11 is 3.23. The number of pyridine rings is 1. The van der Waals surface area contributed by atoms with Gasteiger partial charge in [0.2, 0.25) is 5.76 Å². The summed E-state index contributed by atoms with van der Waals surface area (Å²) in [5.74, 6) is -1.92. The van der Waals surface area contributed by atoms with Gasteiger partial charge in [-0.2, -0.15) is 5.10 Å². The zero-order valence-electron chi connectivity index (χ0n) is 14.4. The van der Waals surface area contributed by atoms with Crippen molar-refractivity contribution in [1.82, 2.24) is 10.4 Å². The van der Waals surface area contributed by atoms with E-state index in [9.17, 15) is 19.7 Å². The van der Waals surface area contributed by atoms with E-state index >= 15 is 0 Å². The molecule has 2 heterocycles. The van der Waals surface area contributed by atoms with Gasteiger partial charge in [0.1, 0.15) is 10.7 Å². The topological polar surface area (TPSA) is 137 Å². The summed E-state index contributed by atoms with van der Waals surface area (Å²) in [6, 6.07) is 10.0. The molecule has 0 bridgehead atoms. The van der Waals surface area contributed by atoms with Crippen LogP contribution in [0.4, 0.5) is 5.88 Å². The molecule has 0 radical (unpaired) electrons. The zero-order chi connectivity index (χ0) is 20.8. The van der Waals surface area contributed by atoms with Gasteiger partial charge in [0.05, 0.1) is 17.8 Å². The summed E-state index contributed by atoms with van der Waals surface area (Å²) in [6.45, 7) is 0. The van der Waals surface area contributed by atoms with Crippen molar-refractivity contribution in [3.8, 4) is 5.75 Å². The Morgan fingerprint density at radius 2 is 1.97 bits per heavy atom. The molecule has 1 N–H and O–H groups in total. The fraction of sp³-hybridized carbons (Fsp3) is 0. The molecule has 3 rings (SSSR count). The van der Waals surface area contributed by atoms with Crippen LogP contribution in [-0.2, 0) is 0 Å². The van der Waals surface area contributed by atoms with E-state index in [1.165, 1.54) is 24.5 Å². The van der Waals surface area contributed by atoms with Crippen molar-refractivity contribution in [1.29, 1.82) is 0 Å². The number of benzene rings is 1. The molecule has 0 aliphatic carbocycles. The van der Waals surface area contributed by atoms with Crippen molar-refractivity contribution < 1.29 is 23.7 Å². The molecule has 3 aromatic rings. The molecule has 0 atom stereocenters. The molecule has 1 amide bonds. The van der Waals surface area contributed by atoms with Gasteiger partial charge in [0.15, 0.2) is 0 Å². The molecule has 0 aliphatic rings. The lowest BCUT2D eigenvalue weighted by atomic mass is 10.2. The summed E-state index contributed by atoms with van der Waals surface area (Å²) in [5, 5.41) is 14.4. The highest BCUT2D eigenvalue weighted by atomic mass is 79.9. The molecule has 2 aromatic heterocycles. The van der Waals surface area contributed by atoms with Crippen LogP contribution in [0.25, 0.3) is 0 Å². The zero-order valence-corrected chi connectivity index (χ0v) is 16.0. The first-order valence-corrected chi connectivity index (χ1v) is 8.72. The minimum atomic E-state index is -0.866. The van der Waals surface area contributed by atoms with E-state index in [2.05, 4.69) is 31.4 Å². The van der Waals surface area contributed by atoms with Crippen LogP contribution in [0.2, 0.25) is 0 Å². The summed E-state index contributed by atoms with van der Waals surface area (Å²) in [5.41, 5.74) is 3.35. The number of nitrogens with zero attached hydrogens (tertiary/aromatic N) is 3. The number of nitrogens with one attached hydrogen (secondary N) is 1. The van der Waals surface area contributed by atoms with Crippen molar-refractivity contribution in [3.63, 3.8) is 0 Å². The number of halogens is 1. The molecular weight excluding hydrogens is 448 g/mol. The molecule has 146 valence electrons. The van der Waals surface area contributed by atoms with E-state index in [4.69, 9.17) is 9.15 Å². The van der Waals surface area contributed by atoms with Gasteiger partial charge in [-0.25, -0.2) is 10.2 Å². The minimum absolute atomic E-state index is 0.204. The van der Waals surface area contributed by atoms with Gasteiger partial charge in [-0.05, 0) is 57.9 Å². The summed E-state index contributed by atoms with van der Waals surface area (Å²) < 4.78 is 10.5. The lowest BCUT2D eigenvalue weighted by molar-refractivity contribution is -0.402. The second-order valence-corrected chi connectivity index (χ2v) is 6.36. The Hall–Kier alpha value is -3.86. The second-order valence-electron chi connectivity index (χ2n) is 5.44. The Morgan fingerprint density at radius 1 is 1.21 bits per heavy atom. The third-order valence-electron chi connectivity index (χ3n) is 3.41. The number of hydrogen-bond donors (Lipinski definition) is 1. The number of furan rings is 1. The van der Waals surface area contributed by atoms with Crippen LogP contribution in [0.1, 0.15) is 26.5 Å². The number of hydrogen-bond acceptors (Lipinski definition) is 8. The van der Waals surface area contributed by atoms with Crippen molar-refractivity contribution in [2.75, 3.05) is 0 Å². The largest absolute Gasteiger partial charge is 0.433 e. The van der Waals surface area contributed by atoms with Gasteiger partial charge in [0, 0.05) is 16.9 Å². The van der Waals surface area contributed by atoms with E-state index in [0.717, 1.165) is 12.1 Å². The maximum absolute atomic E-state index is 11.9. The first kappa shape index (κ1) is 19.9. The van der Waals surface area contributed by atoms with Crippen LogP contribution in [-0.4, -0.2) is 28.0 Å². The van der Waals surface area contributed by atoms with E-state index in [-0.39, 0.29) is 11.5 Å². The van der Waals surface area contributed by atoms with Crippen LogP contribution >= 0.6 is 15.9 Å². The van der Waals surface area contributed by atoms with Gasteiger partial charge in [-0.1, -0.05) is 0 Å². The highest BCUT2D eigenvalue weighted by Crippen LogP contribution is 2.18. The van der Waals surface area contributed by atoms with E-state index in [1.54, 1.807) is 24.4 Å². The Bertz CT molecular complexity index is 1090. The molecule has 0 saturated heterocycles. The fourth-order valence-electron chi connectivity index (χ4n) is 2.08. The molecule has 0 aliphatic heterocycles. The van der Waals surface area contributed by atoms with Crippen molar-refractivity contribution in [2.45, 2.75) is 0 Å². The summed E-state index contributed by atoms with van der Waals surface area (Å²) in [4.78, 5) is 37.6. The SMILES string of the molecule is O=C(N/N=C\c1ccc(OC(=O)c2ccc([N+](=O)[O-])o2)cc1)c1cncc(Br)c1. The molecule has 10 nitrogen and oxygen atoms in total. The van der Waals surface area contributed by atoms with Gasteiger partial charge in [-0.15, -0.1) is 0 Å². The summed E-state index contributed by atoms with van der Waals surface area (Å²) in [7, 11) is 0. The average Bonchev–Trinajstić information content (AvgIpc) is 3.20. The third kappa shape index (κ3) is 5.32. The molecule has 0 fully saturated rings. The number of ether oxygens (including phenoxy) is 1. The predicted molar refractivity (Wildman–Crippen MR) is 104 cm³/mol. The van der Waals surface area contributed by atoms with Crippen LogP contribution in [0.5, 0.6) is 5.75 Å². The van der Waals surface area contributed by atoms with Crippen LogP contribution < -0.4 is 10.2 Å². The molecule has 0 unspecified atom stereocenters. The molecule has 0 saturated carbocycles. The normalized spacial score (nSPS) is 10.7. The monoisotopic (exact) mass is 458 g/mol. The van der Waals surface area contributed by atoms with E-state index in [1.807, 2.05) is 0 Å². The standard InChI is InChI=1S/C18H11BrN4O6/c19-13-7-12(9-20-10-13)17(24)22-21-8-11-1-3-14(4-2-11)28-18(25)15-5-6-16(29-15)23(26)27/h1-10H,(H,22,24)/b21-8-. The van der Waals surface area contributed by atoms with Gasteiger partial charge in [0.25, 0.3) is 5.91 Å². The minimum Gasteiger partial charge on any atom is -0.421 e. The Kier molecular flexibility index (Phi) is 6.09. The Morgan fingerprint density at radius 3 is 2.62 bits per heavy atom. The number of esters is 1. The van der Waals surface area contributed by atoms with E-state index < -0.39 is 22.7 Å². The number of nitro groups is 1. The Labute approximate surface area is 171 Å². The van der Waals surface area contributed by atoms with Crippen molar-refractivity contribution >= 4 is 39.9 Å². The van der Waals surface area contributed by atoms with Crippen molar-refractivity contribution in [2.24, 2.45) is 5.10 Å². The average molecular weight is 459 g/mol.